The number of nitrogens with zero attached hydrogens (tertiary/aromatic N) is 1. The molecule has 0 saturated heterocycles. The normalized spacial score (nSPS) is 13.2. The number of hydrogen-bond donors (Lipinski definition) is 1. The van der Waals surface area contributed by atoms with Crippen LogP contribution in [-0.2, 0) is 0 Å². The van der Waals surface area contributed by atoms with E-state index in [1.165, 1.54) is 0 Å². The summed E-state index contributed by atoms with van der Waals surface area (Å²) in [5.74, 6) is 0. The van der Waals surface area contributed by atoms with Gasteiger partial charge in [-0.25, -0.2) is 0 Å². The number of rotatable bonds is 5. The Morgan fingerprint density at radius 2 is 1.94 bits per heavy atom. The third kappa shape index (κ3) is 3.36. The van der Waals surface area contributed by atoms with E-state index in [0.717, 1.165) is 24.2 Å². The lowest BCUT2D eigenvalue weighted by atomic mass is 9.99. The molecule has 0 aliphatic rings. The molecule has 100 valence electrons. The van der Waals surface area contributed by atoms with E-state index in [4.69, 9.17) is 0 Å². The van der Waals surface area contributed by atoms with Crippen LogP contribution in [0.2, 0.25) is 0 Å². The van der Waals surface area contributed by atoms with Crippen molar-refractivity contribution in [1.82, 2.24) is 0 Å². The summed E-state index contributed by atoms with van der Waals surface area (Å²) in [5, 5.41) is 10.1. The fraction of sp³-hybridized carbons (Fsp3) is 0.500. The first kappa shape index (κ1) is 14.8. The average Bonchev–Trinajstić information content (AvgIpc) is 2.33. The van der Waals surface area contributed by atoms with E-state index in [-0.39, 0.29) is 5.54 Å². The first-order valence-corrected chi connectivity index (χ1v) is 6.57. The first-order chi connectivity index (χ1) is 8.41. The van der Waals surface area contributed by atoms with Crippen LogP contribution in [-0.4, -0.2) is 17.2 Å². The van der Waals surface area contributed by atoms with Gasteiger partial charge in [0.25, 0.3) is 0 Å². The highest BCUT2D eigenvalue weighted by Crippen LogP contribution is 2.32. The van der Waals surface area contributed by atoms with Crippen LogP contribution in [0.5, 0.6) is 0 Å². The van der Waals surface area contributed by atoms with Gasteiger partial charge in [0.15, 0.2) is 0 Å². The minimum absolute atomic E-state index is 0.00223. The summed E-state index contributed by atoms with van der Waals surface area (Å²) in [7, 11) is 0. The molecule has 0 unspecified atom stereocenters. The highest BCUT2D eigenvalue weighted by Gasteiger charge is 2.24. The molecule has 1 N–H and O–H groups in total. The second-order valence-corrected chi connectivity index (χ2v) is 5.55. The molecule has 2 nitrogen and oxygen atoms in total. The maximum atomic E-state index is 10.1. The summed E-state index contributed by atoms with van der Waals surface area (Å²) < 4.78 is 0. The van der Waals surface area contributed by atoms with Crippen LogP contribution in [0.15, 0.2) is 36.9 Å². The zero-order valence-corrected chi connectivity index (χ0v) is 12.0. The van der Waals surface area contributed by atoms with E-state index in [1.54, 1.807) is 0 Å². The molecule has 0 fully saturated rings. The molecule has 1 aromatic carbocycles. The summed E-state index contributed by atoms with van der Waals surface area (Å²) in [6.45, 7) is 13.1. The second-order valence-electron chi connectivity index (χ2n) is 5.55. The molecule has 0 aromatic heterocycles. The maximum Gasteiger partial charge on any atom is 0.0807 e. The fourth-order valence-electron chi connectivity index (χ4n) is 2.10. The van der Waals surface area contributed by atoms with Gasteiger partial charge in [-0.1, -0.05) is 31.2 Å². The Hall–Kier alpha value is -1.28. The predicted molar refractivity (Wildman–Crippen MR) is 79.0 cm³/mol. The van der Waals surface area contributed by atoms with Gasteiger partial charge in [-0.3, -0.25) is 0 Å². The van der Waals surface area contributed by atoms with Crippen LogP contribution in [0.25, 0.3) is 0 Å². The molecule has 0 saturated carbocycles. The Morgan fingerprint density at radius 3 is 2.44 bits per heavy atom. The van der Waals surface area contributed by atoms with Gasteiger partial charge in [0.2, 0.25) is 0 Å². The van der Waals surface area contributed by atoms with Crippen molar-refractivity contribution in [3.05, 3.63) is 42.5 Å². The number of hydrogen-bond acceptors (Lipinski definition) is 2. The van der Waals surface area contributed by atoms with Crippen LogP contribution in [0.4, 0.5) is 5.69 Å². The quantitative estimate of drug-likeness (QED) is 0.797. The number of benzene rings is 1. The Balaban J connectivity index is 3.23. The van der Waals surface area contributed by atoms with E-state index in [1.807, 2.05) is 31.2 Å². The van der Waals surface area contributed by atoms with E-state index in [0.29, 0.717) is 0 Å². The Kier molecular flexibility index (Phi) is 4.97. The van der Waals surface area contributed by atoms with Crippen LogP contribution < -0.4 is 4.90 Å². The zero-order chi connectivity index (χ0) is 13.8. The van der Waals surface area contributed by atoms with Gasteiger partial charge in [-0.15, -0.1) is 6.58 Å². The Labute approximate surface area is 111 Å². The van der Waals surface area contributed by atoms with Gasteiger partial charge >= 0.3 is 0 Å². The molecule has 0 bridgehead atoms. The van der Waals surface area contributed by atoms with E-state index < -0.39 is 6.10 Å². The molecule has 1 aromatic rings. The van der Waals surface area contributed by atoms with Gasteiger partial charge in [-0.05, 0) is 33.3 Å². The van der Waals surface area contributed by atoms with Crippen LogP contribution in [0.1, 0.15) is 45.8 Å². The Bertz CT molecular complexity index is 392. The molecule has 2 heteroatoms. The smallest absolute Gasteiger partial charge is 0.0807 e. The molecule has 1 rings (SSSR count). The largest absolute Gasteiger partial charge is 0.388 e. The average molecular weight is 247 g/mol. The monoisotopic (exact) mass is 247 g/mol. The van der Waals surface area contributed by atoms with Crippen molar-refractivity contribution >= 4 is 5.69 Å². The van der Waals surface area contributed by atoms with E-state index in [9.17, 15) is 5.11 Å². The van der Waals surface area contributed by atoms with E-state index in [2.05, 4.69) is 38.3 Å². The lowest BCUT2D eigenvalue weighted by Gasteiger charge is -2.38. The molecule has 1 atom stereocenters. The fourth-order valence-corrected chi connectivity index (χ4v) is 2.10. The molecular formula is C16H25NO. The Morgan fingerprint density at radius 1 is 1.33 bits per heavy atom. The van der Waals surface area contributed by atoms with Crippen molar-refractivity contribution in [3.63, 3.8) is 0 Å². The highest BCUT2D eigenvalue weighted by molar-refractivity contribution is 5.56. The number of aliphatic hydroxyl groups is 1. The lowest BCUT2D eigenvalue weighted by molar-refractivity contribution is 0.174. The maximum absolute atomic E-state index is 10.1. The van der Waals surface area contributed by atoms with Crippen molar-refractivity contribution in [2.75, 3.05) is 11.4 Å². The zero-order valence-electron chi connectivity index (χ0n) is 12.0. The highest BCUT2D eigenvalue weighted by atomic mass is 16.3. The van der Waals surface area contributed by atoms with Crippen LogP contribution >= 0.6 is 0 Å². The summed E-state index contributed by atoms with van der Waals surface area (Å²) in [6, 6.07) is 8.07. The molecule has 0 heterocycles. The third-order valence-electron chi connectivity index (χ3n) is 3.09. The molecule has 0 amide bonds. The molecule has 18 heavy (non-hydrogen) atoms. The van der Waals surface area contributed by atoms with Crippen LogP contribution in [0, 0.1) is 0 Å². The van der Waals surface area contributed by atoms with Crippen molar-refractivity contribution in [2.45, 2.75) is 45.8 Å². The minimum atomic E-state index is -0.407. The first-order valence-electron chi connectivity index (χ1n) is 6.57. The molecule has 0 radical (unpaired) electrons. The summed E-state index contributed by atoms with van der Waals surface area (Å²) >= 11 is 0. The second kappa shape index (κ2) is 6.05. The van der Waals surface area contributed by atoms with Crippen molar-refractivity contribution in [3.8, 4) is 0 Å². The number of anilines is 1. The number of para-hydroxylation sites is 1. The van der Waals surface area contributed by atoms with Gasteiger partial charge < -0.3 is 10.0 Å². The van der Waals surface area contributed by atoms with Gasteiger partial charge in [0.1, 0.15) is 0 Å². The third-order valence-corrected chi connectivity index (χ3v) is 3.09. The SMILES string of the molecule is C=CCN(c1ccccc1[C@@H](O)CC)C(C)(C)C. The minimum Gasteiger partial charge on any atom is -0.388 e. The van der Waals surface area contributed by atoms with E-state index >= 15 is 0 Å². The number of aliphatic hydroxyl groups excluding tert-OH is 1. The van der Waals surface area contributed by atoms with Crippen molar-refractivity contribution < 1.29 is 5.11 Å². The summed E-state index contributed by atoms with van der Waals surface area (Å²) in [4.78, 5) is 2.27. The molecule has 0 aliphatic carbocycles. The van der Waals surface area contributed by atoms with Crippen LogP contribution in [0.3, 0.4) is 0 Å². The molecular weight excluding hydrogens is 222 g/mol. The topological polar surface area (TPSA) is 23.5 Å². The predicted octanol–water partition coefficient (Wildman–Crippen LogP) is 3.92. The van der Waals surface area contributed by atoms with Gasteiger partial charge in [-0.2, -0.15) is 0 Å². The summed E-state index contributed by atoms with van der Waals surface area (Å²) in [6.07, 6.45) is 2.22. The van der Waals surface area contributed by atoms with Gasteiger partial charge in [0, 0.05) is 23.3 Å². The lowest BCUT2D eigenvalue weighted by Crippen LogP contribution is -2.42. The standard InChI is InChI=1S/C16H25NO/c1-6-12-17(16(3,4)5)14-11-9-8-10-13(14)15(18)7-2/h6,8-11,15,18H,1,7,12H2,2-5H3/t15-/m0/s1. The van der Waals surface area contributed by atoms with Crippen molar-refractivity contribution in [2.24, 2.45) is 0 Å². The van der Waals surface area contributed by atoms with Crippen molar-refractivity contribution in [1.29, 1.82) is 0 Å². The van der Waals surface area contributed by atoms with Gasteiger partial charge in [0.05, 0.1) is 6.10 Å². The molecule has 0 spiro atoms. The summed E-state index contributed by atoms with van der Waals surface area (Å²) in [5.41, 5.74) is 2.09. The molecule has 0 aliphatic heterocycles.